The van der Waals surface area contributed by atoms with Gasteiger partial charge in [-0.3, -0.25) is 0 Å². The van der Waals surface area contributed by atoms with E-state index < -0.39 is 5.82 Å². The minimum absolute atomic E-state index is 0.195. The molecule has 0 amide bonds. The van der Waals surface area contributed by atoms with E-state index in [0.717, 1.165) is 25.5 Å². The lowest BCUT2D eigenvalue weighted by Gasteiger charge is -2.41. The van der Waals surface area contributed by atoms with Crippen LogP contribution in [-0.2, 0) is 0 Å². The van der Waals surface area contributed by atoms with Gasteiger partial charge in [-0.25, -0.2) is 8.78 Å². The molecule has 2 aliphatic carbocycles. The van der Waals surface area contributed by atoms with E-state index in [9.17, 15) is 8.78 Å². The van der Waals surface area contributed by atoms with Crippen LogP contribution in [0.25, 0.3) is 0 Å². The Balaban J connectivity index is 1.80. The molecule has 1 N–H and O–H groups in total. The lowest BCUT2D eigenvalue weighted by molar-refractivity contribution is 0.157. The lowest BCUT2D eigenvalue weighted by Crippen LogP contribution is -2.35. The van der Waals surface area contributed by atoms with Crippen molar-refractivity contribution >= 4 is 0 Å². The number of halogens is 2. The van der Waals surface area contributed by atoms with Gasteiger partial charge in [0, 0.05) is 12.1 Å². The highest BCUT2D eigenvalue weighted by molar-refractivity contribution is 5.24. The summed E-state index contributed by atoms with van der Waals surface area (Å²) in [5.41, 5.74) is 0.938. The van der Waals surface area contributed by atoms with Gasteiger partial charge in [-0.05, 0) is 67.5 Å². The number of hydrogen-bond acceptors (Lipinski definition) is 1. The fourth-order valence-electron chi connectivity index (χ4n) is 3.66. The summed E-state index contributed by atoms with van der Waals surface area (Å²) in [7, 11) is 0. The SMILES string of the molecule is CC1(C)CCC(CNC2CC2)C(c2ccc(F)cc2F)C1. The van der Waals surface area contributed by atoms with Gasteiger partial charge >= 0.3 is 0 Å². The van der Waals surface area contributed by atoms with E-state index in [4.69, 9.17) is 0 Å². The van der Waals surface area contributed by atoms with Crippen molar-refractivity contribution in [1.82, 2.24) is 5.32 Å². The molecule has 1 nitrogen and oxygen atoms in total. The topological polar surface area (TPSA) is 12.0 Å². The largest absolute Gasteiger partial charge is 0.314 e. The smallest absolute Gasteiger partial charge is 0.129 e. The Bertz CT molecular complexity index is 506. The van der Waals surface area contributed by atoms with E-state index in [1.807, 2.05) is 0 Å². The third-order valence-electron chi connectivity index (χ3n) is 5.14. The number of hydrogen-bond donors (Lipinski definition) is 1. The maximum absolute atomic E-state index is 14.2. The zero-order valence-electron chi connectivity index (χ0n) is 13.0. The molecule has 0 aliphatic heterocycles. The van der Waals surface area contributed by atoms with Gasteiger partial charge in [-0.15, -0.1) is 0 Å². The highest BCUT2D eigenvalue weighted by Crippen LogP contribution is 2.47. The van der Waals surface area contributed by atoms with Crippen LogP contribution in [0.15, 0.2) is 18.2 Å². The molecular weight excluding hydrogens is 268 g/mol. The Labute approximate surface area is 126 Å². The Hall–Kier alpha value is -0.960. The van der Waals surface area contributed by atoms with Gasteiger partial charge in [-0.1, -0.05) is 19.9 Å². The van der Waals surface area contributed by atoms with E-state index in [-0.39, 0.29) is 17.2 Å². The summed E-state index contributed by atoms with van der Waals surface area (Å²) in [5, 5.41) is 3.59. The minimum Gasteiger partial charge on any atom is -0.314 e. The second-order valence-electron chi connectivity index (χ2n) is 7.62. The van der Waals surface area contributed by atoms with E-state index in [1.165, 1.54) is 25.3 Å². The molecule has 2 fully saturated rings. The summed E-state index contributed by atoms with van der Waals surface area (Å²) in [6.45, 7) is 5.47. The van der Waals surface area contributed by atoms with Crippen molar-refractivity contribution in [3.8, 4) is 0 Å². The Kier molecular flexibility index (Phi) is 4.04. The van der Waals surface area contributed by atoms with Crippen molar-refractivity contribution in [1.29, 1.82) is 0 Å². The van der Waals surface area contributed by atoms with Gasteiger partial charge in [-0.2, -0.15) is 0 Å². The van der Waals surface area contributed by atoms with Gasteiger partial charge in [0.1, 0.15) is 11.6 Å². The van der Waals surface area contributed by atoms with Crippen LogP contribution in [0.2, 0.25) is 0 Å². The van der Waals surface area contributed by atoms with Crippen LogP contribution in [0.5, 0.6) is 0 Å². The van der Waals surface area contributed by atoms with Crippen molar-refractivity contribution in [2.75, 3.05) is 6.54 Å². The molecule has 116 valence electrons. The van der Waals surface area contributed by atoms with Gasteiger partial charge < -0.3 is 5.32 Å². The molecule has 1 aromatic carbocycles. The minimum atomic E-state index is -0.487. The predicted molar refractivity (Wildman–Crippen MR) is 81.2 cm³/mol. The van der Waals surface area contributed by atoms with Crippen LogP contribution in [0.3, 0.4) is 0 Å². The zero-order chi connectivity index (χ0) is 15.0. The van der Waals surface area contributed by atoms with Crippen LogP contribution < -0.4 is 5.32 Å². The molecule has 2 atom stereocenters. The molecular formula is C18H25F2N. The molecule has 3 heteroatoms. The molecule has 3 rings (SSSR count). The summed E-state index contributed by atoms with van der Waals surface area (Å²) in [6, 6.07) is 4.76. The monoisotopic (exact) mass is 293 g/mol. The Morgan fingerprint density at radius 1 is 1.19 bits per heavy atom. The Morgan fingerprint density at radius 2 is 1.95 bits per heavy atom. The highest BCUT2D eigenvalue weighted by atomic mass is 19.1. The second-order valence-corrected chi connectivity index (χ2v) is 7.62. The van der Waals surface area contributed by atoms with Crippen molar-refractivity contribution in [3.63, 3.8) is 0 Å². The molecule has 0 heterocycles. The molecule has 2 aliphatic rings. The van der Waals surface area contributed by atoms with Gasteiger partial charge in [0.15, 0.2) is 0 Å². The number of nitrogens with one attached hydrogen (secondary N) is 1. The molecule has 0 radical (unpaired) electrons. The molecule has 21 heavy (non-hydrogen) atoms. The van der Waals surface area contributed by atoms with Crippen LogP contribution >= 0.6 is 0 Å². The summed E-state index contributed by atoms with van der Waals surface area (Å²) in [6.07, 6.45) is 5.83. The van der Waals surface area contributed by atoms with Crippen molar-refractivity contribution < 1.29 is 8.78 Å². The second kappa shape index (κ2) is 5.68. The fourth-order valence-corrected chi connectivity index (χ4v) is 3.66. The fraction of sp³-hybridized carbons (Fsp3) is 0.667. The first-order chi connectivity index (χ1) is 9.94. The average Bonchev–Trinajstić information content (AvgIpc) is 3.21. The first kappa shape index (κ1) is 15.0. The van der Waals surface area contributed by atoms with Crippen LogP contribution in [0, 0.1) is 23.0 Å². The van der Waals surface area contributed by atoms with E-state index >= 15 is 0 Å². The third kappa shape index (κ3) is 3.63. The molecule has 2 unspecified atom stereocenters. The van der Waals surface area contributed by atoms with E-state index in [2.05, 4.69) is 19.2 Å². The average molecular weight is 293 g/mol. The summed E-state index contributed by atoms with van der Waals surface area (Å²) in [4.78, 5) is 0. The molecule has 0 saturated heterocycles. The summed E-state index contributed by atoms with van der Waals surface area (Å²) >= 11 is 0. The Morgan fingerprint density at radius 3 is 2.62 bits per heavy atom. The maximum atomic E-state index is 14.2. The van der Waals surface area contributed by atoms with Gasteiger partial charge in [0.05, 0.1) is 0 Å². The van der Waals surface area contributed by atoms with E-state index in [1.54, 1.807) is 6.07 Å². The highest BCUT2D eigenvalue weighted by Gasteiger charge is 2.37. The quantitative estimate of drug-likeness (QED) is 0.853. The summed E-state index contributed by atoms with van der Waals surface area (Å²) < 4.78 is 27.4. The lowest BCUT2D eigenvalue weighted by atomic mass is 9.65. The molecule has 1 aromatic rings. The van der Waals surface area contributed by atoms with Crippen LogP contribution in [-0.4, -0.2) is 12.6 Å². The summed E-state index contributed by atoms with van der Waals surface area (Å²) in [5.74, 6) is -0.215. The first-order valence-corrected chi connectivity index (χ1v) is 8.13. The molecule has 0 aromatic heterocycles. The van der Waals surface area contributed by atoms with Gasteiger partial charge in [0.25, 0.3) is 0 Å². The number of rotatable bonds is 4. The maximum Gasteiger partial charge on any atom is 0.129 e. The molecule has 0 bridgehead atoms. The number of benzene rings is 1. The van der Waals surface area contributed by atoms with Crippen molar-refractivity contribution in [2.45, 2.75) is 57.9 Å². The first-order valence-electron chi connectivity index (χ1n) is 8.13. The van der Waals surface area contributed by atoms with Gasteiger partial charge in [0.2, 0.25) is 0 Å². The van der Waals surface area contributed by atoms with Crippen LogP contribution in [0.4, 0.5) is 8.78 Å². The molecule has 2 saturated carbocycles. The van der Waals surface area contributed by atoms with Crippen molar-refractivity contribution in [3.05, 3.63) is 35.4 Å². The predicted octanol–water partition coefficient (Wildman–Crippen LogP) is 4.63. The van der Waals surface area contributed by atoms with Crippen LogP contribution in [0.1, 0.15) is 57.4 Å². The third-order valence-corrected chi connectivity index (χ3v) is 5.14. The normalized spacial score (nSPS) is 28.6. The standard InChI is InChI=1S/C18H25F2N/c1-18(2)8-7-12(11-21-14-4-5-14)16(10-18)15-6-3-13(19)9-17(15)20/h3,6,9,12,14,16,21H,4-5,7-8,10-11H2,1-2H3. The molecule has 0 spiro atoms. The zero-order valence-corrected chi connectivity index (χ0v) is 13.0. The van der Waals surface area contributed by atoms with E-state index in [0.29, 0.717) is 17.5 Å². The van der Waals surface area contributed by atoms with Crippen molar-refractivity contribution in [2.24, 2.45) is 11.3 Å².